The standard InChI is InChI=1S/C14H18ClN3/c1-9(2)13-7-12(8-16)17-18(13)14-6-11(15)5-4-10(14)3/h4-7,9H,8,16H2,1-3H3. The SMILES string of the molecule is Cc1ccc(Cl)cc1-n1nc(CN)cc1C(C)C. The van der Waals surface area contributed by atoms with Gasteiger partial charge in [0.25, 0.3) is 0 Å². The van der Waals surface area contributed by atoms with Crippen molar-refractivity contribution in [2.24, 2.45) is 5.73 Å². The number of nitrogens with zero attached hydrogens (tertiary/aromatic N) is 2. The molecule has 0 radical (unpaired) electrons. The fraction of sp³-hybridized carbons (Fsp3) is 0.357. The third-order valence-corrected chi connectivity index (χ3v) is 3.22. The zero-order chi connectivity index (χ0) is 13.3. The van der Waals surface area contributed by atoms with Gasteiger partial charge in [-0.3, -0.25) is 0 Å². The number of rotatable bonds is 3. The average molecular weight is 264 g/mol. The Morgan fingerprint density at radius 1 is 1.33 bits per heavy atom. The van der Waals surface area contributed by atoms with E-state index >= 15 is 0 Å². The van der Waals surface area contributed by atoms with Crippen molar-refractivity contribution < 1.29 is 0 Å². The second-order valence-electron chi connectivity index (χ2n) is 4.76. The molecule has 0 fully saturated rings. The summed E-state index contributed by atoms with van der Waals surface area (Å²) in [5.41, 5.74) is 9.90. The van der Waals surface area contributed by atoms with Crippen LogP contribution in [0.4, 0.5) is 0 Å². The molecule has 0 aliphatic rings. The van der Waals surface area contributed by atoms with Gasteiger partial charge in [0.2, 0.25) is 0 Å². The molecule has 0 bridgehead atoms. The molecule has 96 valence electrons. The molecular formula is C14H18ClN3. The summed E-state index contributed by atoms with van der Waals surface area (Å²) in [6.45, 7) is 6.80. The van der Waals surface area contributed by atoms with Crippen molar-refractivity contribution >= 4 is 11.6 Å². The topological polar surface area (TPSA) is 43.8 Å². The summed E-state index contributed by atoms with van der Waals surface area (Å²) in [6, 6.07) is 7.90. The van der Waals surface area contributed by atoms with E-state index in [9.17, 15) is 0 Å². The lowest BCUT2D eigenvalue weighted by Crippen LogP contribution is -2.06. The van der Waals surface area contributed by atoms with Crippen LogP contribution in [0.1, 0.15) is 36.7 Å². The van der Waals surface area contributed by atoms with E-state index in [1.807, 2.05) is 22.9 Å². The highest BCUT2D eigenvalue weighted by Crippen LogP contribution is 2.24. The lowest BCUT2D eigenvalue weighted by atomic mass is 10.1. The zero-order valence-electron chi connectivity index (χ0n) is 10.9. The Labute approximate surface area is 113 Å². The molecule has 0 saturated carbocycles. The van der Waals surface area contributed by atoms with Gasteiger partial charge in [0, 0.05) is 17.3 Å². The summed E-state index contributed by atoms with van der Waals surface area (Å²) in [5, 5.41) is 5.27. The minimum atomic E-state index is 0.385. The van der Waals surface area contributed by atoms with Gasteiger partial charge in [-0.1, -0.05) is 31.5 Å². The Bertz CT molecular complexity index is 558. The molecule has 1 heterocycles. The van der Waals surface area contributed by atoms with Crippen LogP contribution in [0.15, 0.2) is 24.3 Å². The third kappa shape index (κ3) is 2.42. The average Bonchev–Trinajstić information content (AvgIpc) is 2.76. The molecule has 4 heteroatoms. The summed E-state index contributed by atoms with van der Waals surface area (Å²) in [4.78, 5) is 0. The zero-order valence-corrected chi connectivity index (χ0v) is 11.7. The van der Waals surface area contributed by atoms with Crippen LogP contribution in [0.5, 0.6) is 0 Å². The van der Waals surface area contributed by atoms with Crippen molar-refractivity contribution in [1.82, 2.24) is 9.78 Å². The van der Waals surface area contributed by atoms with Crippen molar-refractivity contribution in [3.8, 4) is 5.69 Å². The number of benzene rings is 1. The van der Waals surface area contributed by atoms with Gasteiger partial charge in [0.15, 0.2) is 0 Å². The minimum Gasteiger partial charge on any atom is -0.325 e. The molecule has 0 aliphatic carbocycles. The molecule has 2 aromatic rings. The van der Waals surface area contributed by atoms with Crippen molar-refractivity contribution in [2.45, 2.75) is 33.2 Å². The maximum absolute atomic E-state index is 6.07. The largest absolute Gasteiger partial charge is 0.325 e. The van der Waals surface area contributed by atoms with Crippen molar-refractivity contribution in [1.29, 1.82) is 0 Å². The summed E-state index contributed by atoms with van der Waals surface area (Å²) in [5.74, 6) is 0.385. The van der Waals surface area contributed by atoms with Gasteiger partial charge < -0.3 is 5.73 Å². The molecule has 1 aromatic carbocycles. The lowest BCUT2D eigenvalue weighted by molar-refractivity contribution is 0.724. The van der Waals surface area contributed by atoms with Crippen LogP contribution < -0.4 is 5.73 Å². The van der Waals surface area contributed by atoms with E-state index in [4.69, 9.17) is 17.3 Å². The van der Waals surface area contributed by atoms with Gasteiger partial charge in [-0.05, 0) is 36.6 Å². The van der Waals surface area contributed by atoms with E-state index < -0.39 is 0 Å². The number of halogens is 1. The molecule has 0 amide bonds. The maximum atomic E-state index is 6.07. The predicted octanol–water partition coefficient (Wildman–Crippen LogP) is 3.42. The van der Waals surface area contributed by atoms with Gasteiger partial charge in [-0.2, -0.15) is 5.10 Å². The Balaban J connectivity index is 2.62. The fourth-order valence-corrected chi connectivity index (χ4v) is 2.13. The smallest absolute Gasteiger partial charge is 0.0767 e. The molecule has 2 rings (SSSR count). The van der Waals surface area contributed by atoms with E-state index in [1.54, 1.807) is 0 Å². The predicted molar refractivity (Wildman–Crippen MR) is 75.3 cm³/mol. The van der Waals surface area contributed by atoms with Gasteiger partial charge >= 0.3 is 0 Å². The summed E-state index contributed by atoms with van der Waals surface area (Å²) >= 11 is 6.07. The van der Waals surface area contributed by atoms with E-state index in [0.29, 0.717) is 12.5 Å². The Morgan fingerprint density at radius 3 is 2.67 bits per heavy atom. The highest BCUT2D eigenvalue weighted by atomic mass is 35.5. The molecule has 2 N–H and O–H groups in total. The van der Waals surface area contributed by atoms with Gasteiger partial charge in [0.1, 0.15) is 0 Å². The van der Waals surface area contributed by atoms with Crippen LogP contribution in [-0.4, -0.2) is 9.78 Å². The molecular weight excluding hydrogens is 246 g/mol. The normalized spacial score (nSPS) is 11.2. The van der Waals surface area contributed by atoms with Crippen LogP contribution >= 0.6 is 11.6 Å². The molecule has 0 atom stereocenters. The number of aryl methyl sites for hydroxylation is 1. The van der Waals surface area contributed by atoms with Crippen LogP contribution in [0, 0.1) is 6.92 Å². The third-order valence-electron chi connectivity index (χ3n) is 2.99. The van der Waals surface area contributed by atoms with E-state index in [-0.39, 0.29) is 0 Å². The fourth-order valence-electron chi connectivity index (χ4n) is 1.96. The molecule has 0 saturated heterocycles. The highest BCUT2D eigenvalue weighted by molar-refractivity contribution is 6.30. The van der Waals surface area contributed by atoms with Gasteiger partial charge in [0.05, 0.1) is 11.4 Å². The number of aromatic nitrogens is 2. The van der Waals surface area contributed by atoms with Crippen LogP contribution in [-0.2, 0) is 6.54 Å². The Hall–Kier alpha value is -1.32. The van der Waals surface area contributed by atoms with E-state index in [1.165, 1.54) is 0 Å². The van der Waals surface area contributed by atoms with Crippen LogP contribution in [0.2, 0.25) is 5.02 Å². The number of hydrogen-bond donors (Lipinski definition) is 1. The molecule has 0 spiro atoms. The summed E-state index contributed by atoms with van der Waals surface area (Å²) < 4.78 is 1.95. The second-order valence-corrected chi connectivity index (χ2v) is 5.20. The maximum Gasteiger partial charge on any atom is 0.0767 e. The first kappa shape index (κ1) is 13.1. The highest BCUT2D eigenvalue weighted by Gasteiger charge is 2.13. The van der Waals surface area contributed by atoms with Crippen molar-refractivity contribution in [2.75, 3.05) is 0 Å². The van der Waals surface area contributed by atoms with Gasteiger partial charge in [-0.25, -0.2) is 4.68 Å². The van der Waals surface area contributed by atoms with E-state index in [2.05, 4.69) is 31.9 Å². The first-order valence-corrected chi connectivity index (χ1v) is 6.46. The minimum absolute atomic E-state index is 0.385. The second kappa shape index (κ2) is 5.12. The molecule has 1 aromatic heterocycles. The van der Waals surface area contributed by atoms with Gasteiger partial charge in [-0.15, -0.1) is 0 Å². The number of hydrogen-bond acceptors (Lipinski definition) is 2. The lowest BCUT2D eigenvalue weighted by Gasteiger charge is -2.12. The molecule has 0 unspecified atom stereocenters. The van der Waals surface area contributed by atoms with Crippen LogP contribution in [0.3, 0.4) is 0 Å². The number of nitrogens with two attached hydrogens (primary N) is 1. The van der Waals surface area contributed by atoms with E-state index in [0.717, 1.165) is 27.7 Å². The molecule has 3 nitrogen and oxygen atoms in total. The molecule has 18 heavy (non-hydrogen) atoms. The summed E-state index contributed by atoms with van der Waals surface area (Å²) in [7, 11) is 0. The monoisotopic (exact) mass is 263 g/mol. The first-order valence-electron chi connectivity index (χ1n) is 6.08. The van der Waals surface area contributed by atoms with Crippen LogP contribution in [0.25, 0.3) is 5.69 Å². The molecule has 0 aliphatic heterocycles. The van der Waals surface area contributed by atoms with Crippen molar-refractivity contribution in [3.63, 3.8) is 0 Å². The quantitative estimate of drug-likeness (QED) is 0.922. The van der Waals surface area contributed by atoms with Crippen molar-refractivity contribution in [3.05, 3.63) is 46.2 Å². The summed E-state index contributed by atoms with van der Waals surface area (Å²) in [6.07, 6.45) is 0. The first-order chi connectivity index (χ1) is 8.52. The Morgan fingerprint density at radius 2 is 2.06 bits per heavy atom. The Kier molecular flexibility index (Phi) is 3.73.